The van der Waals surface area contributed by atoms with Crippen LogP contribution in [-0.2, 0) is 28.7 Å². The number of hydroxylamine groups is 2. The van der Waals surface area contributed by atoms with Crippen molar-refractivity contribution in [3.8, 4) is 0 Å². The summed E-state index contributed by atoms with van der Waals surface area (Å²) in [6, 6.07) is 5.66. The van der Waals surface area contributed by atoms with Crippen LogP contribution in [0, 0.1) is 0 Å². The van der Waals surface area contributed by atoms with Crippen molar-refractivity contribution in [3.05, 3.63) is 35.4 Å². The molecule has 0 saturated carbocycles. The van der Waals surface area contributed by atoms with Crippen molar-refractivity contribution in [2.45, 2.75) is 63.8 Å². The number of carbonyl (C=O) groups is 5. The molecule has 1 unspecified atom stereocenters. The molecule has 234 valence electrons. The van der Waals surface area contributed by atoms with Crippen LogP contribution in [0.15, 0.2) is 24.3 Å². The van der Waals surface area contributed by atoms with E-state index in [1.54, 1.807) is 31.3 Å². The fraction of sp³-hybridized carbons (Fsp3) is 0.621. The van der Waals surface area contributed by atoms with Crippen LogP contribution in [0.3, 0.4) is 0 Å². The quantitative estimate of drug-likeness (QED) is 0.102. The third kappa shape index (κ3) is 13.3. The zero-order valence-corrected chi connectivity index (χ0v) is 25.0. The number of carbonyl (C=O) groups excluding carboxylic acids is 5. The van der Waals surface area contributed by atoms with Crippen LogP contribution in [-0.4, -0.2) is 93.1 Å². The number of amides is 4. The van der Waals surface area contributed by atoms with Crippen LogP contribution in [0.25, 0.3) is 0 Å². The average molecular weight is 611 g/mol. The first-order valence-electron chi connectivity index (χ1n) is 14.5. The summed E-state index contributed by atoms with van der Waals surface area (Å²) in [5.41, 5.74) is 0.858. The summed E-state index contributed by atoms with van der Waals surface area (Å²) < 4.78 is 11.0. The molecule has 3 N–H and O–H groups in total. The maximum atomic E-state index is 12.4. The number of benzene rings is 1. The Bertz CT molecular complexity index is 992. The summed E-state index contributed by atoms with van der Waals surface area (Å²) in [5, 5.41) is 8.95. The average Bonchev–Trinajstić information content (AvgIpc) is 3.31. The highest BCUT2D eigenvalue weighted by Crippen LogP contribution is 2.14. The van der Waals surface area contributed by atoms with Crippen molar-refractivity contribution < 1.29 is 38.3 Å². The molecule has 2 rings (SSSR count). The number of imide groups is 1. The lowest BCUT2D eigenvalue weighted by molar-refractivity contribution is -0.199. The number of ether oxygens (including phenoxy) is 2. The molecule has 0 spiro atoms. The van der Waals surface area contributed by atoms with Crippen LogP contribution in [0.2, 0.25) is 0 Å². The first kappa shape index (κ1) is 35.1. The Morgan fingerprint density at radius 3 is 1.95 bits per heavy atom. The molecule has 0 bridgehead atoms. The third-order valence-electron chi connectivity index (χ3n) is 6.51. The van der Waals surface area contributed by atoms with Gasteiger partial charge in [-0.2, -0.15) is 0 Å². The van der Waals surface area contributed by atoms with Gasteiger partial charge in [-0.15, -0.1) is 16.7 Å². The number of rotatable bonds is 22. The zero-order valence-electron chi connectivity index (χ0n) is 24.3. The maximum absolute atomic E-state index is 12.4. The summed E-state index contributed by atoms with van der Waals surface area (Å²) in [5.74, 6) is -1.58. The number of unbranched alkanes of at least 4 members (excludes halogenated alkanes) is 4. The topological polar surface area (TPSA) is 152 Å². The summed E-state index contributed by atoms with van der Waals surface area (Å²) in [4.78, 5) is 65.2. The molecule has 0 aromatic heterocycles. The largest absolute Gasteiger partial charge is 0.379 e. The van der Waals surface area contributed by atoms with Crippen molar-refractivity contribution >= 4 is 41.2 Å². The molecule has 0 aliphatic carbocycles. The second kappa shape index (κ2) is 20.8. The number of likely N-dealkylation sites (N-methyl/N-ethyl adjacent to an activating group) is 1. The second-order valence-corrected chi connectivity index (χ2v) is 10.1. The first-order chi connectivity index (χ1) is 20.4. The fourth-order valence-electron chi connectivity index (χ4n) is 4.05. The van der Waals surface area contributed by atoms with E-state index in [1.165, 1.54) is 0 Å². The summed E-state index contributed by atoms with van der Waals surface area (Å²) in [6.45, 7) is 2.81. The van der Waals surface area contributed by atoms with Crippen molar-refractivity contribution in [1.82, 2.24) is 21.0 Å². The van der Waals surface area contributed by atoms with E-state index >= 15 is 0 Å². The highest BCUT2D eigenvalue weighted by Gasteiger charge is 2.34. The number of alkyl halides is 1. The van der Waals surface area contributed by atoms with Gasteiger partial charge in [-0.1, -0.05) is 12.8 Å². The third-order valence-corrected chi connectivity index (χ3v) is 6.78. The summed E-state index contributed by atoms with van der Waals surface area (Å²) in [6.07, 6.45) is 5.95. The van der Waals surface area contributed by atoms with Gasteiger partial charge < -0.3 is 30.3 Å². The van der Waals surface area contributed by atoms with Gasteiger partial charge in [0.25, 0.3) is 23.6 Å². The molecule has 1 aromatic carbocycles. The van der Waals surface area contributed by atoms with E-state index in [-0.39, 0.29) is 24.7 Å². The minimum atomic E-state index is -0.702. The smallest absolute Gasteiger partial charge is 0.349 e. The maximum Gasteiger partial charge on any atom is 0.349 e. The number of hydrogen-bond donors (Lipinski definition) is 3. The lowest BCUT2D eigenvalue weighted by Gasteiger charge is -2.18. The van der Waals surface area contributed by atoms with E-state index in [0.29, 0.717) is 80.8 Å². The SMILES string of the molecule is CNC(CCCCNC(=O)c1ccc(C(=O)NCCOCCOCCCCCCCl)cc1)C(=O)ON1C(=O)CCC1=O. The number of halogens is 1. The van der Waals surface area contributed by atoms with E-state index in [1.807, 2.05) is 0 Å². The van der Waals surface area contributed by atoms with Gasteiger partial charge in [-0.05, 0) is 63.4 Å². The molecule has 42 heavy (non-hydrogen) atoms. The van der Waals surface area contributed by atoms with Crippen LogP contribution in [0.4, 0.5) is 0 Å². The lowest BCUT2D eigenvalue weighted by atomic mass is 10.1. The molecule has 1 saturated heterocycles. The second-order valence-electron chi connectivity index (χ2n) is 9.75. The van der Waals surface area contributed by atoms with Crippen LogP contribution in [0.5, 0.6) is 0 Å². The minimum Gasteiger partial charge on any atom is -0.379 e. The molecule has 0 radical (unpaired) electrons. The molecule has 1 aliphatic heterocycles. The highest BCUT2D eigenvalue weighted by atomic mass is 35.5. The molecule has 1 fully saturated rings. The van der Waals surface area contributed by atoms with Gasteiger partial charge in [-0.25, -0.2) is 4.79 Å². The van der Waals surface area contributed by atoms with Crippen molar-refractivity contribution in [2.24, 2.45) is 0 Å². The van der Waals surface area contributed by atoms with Gasteiger partial charge in [0.2, 0.25) is 0 Å². The predicted octanol–water partition coefficient (Wildman–Crippen LogP) is 2.34. The van der Waals surface area contributed by atoms with E-state index in [9.17, 15) is 24.0 Å². The Labute approximate surface area is 252 Å². The lowest BCUT2D eigenvalue weighted by Crippen LogP contribution is -2.41. The Morgan fingerprint density at radius 1 is 0.786 bits per heavy atom. The van der Waals surface area contributed by atoms with Crippen molar-refractivity contribution in [3.63, 3.8) is 0 Å². The van der Waals surface area contributed by atoms with Gasteiger partial charge in [0.05, 0.1) is 19.8 Å². The van der Waals surface area contributed by atoms with Crippen molar-refractivity contribution in [1.29, 1.82) is 0 Å². The van der Waals surface area contributed by atoms with Crippen LogP contribution in [0.1, 0.15) is 78.5 Å². The van der Waals surface area contributed by atoms with E-state index in [0.717, 1.165) is 25.7 Å². The van der Waals surface area contributed by atoms with Crippen LogP contribution >= 0.6 is 11.6 Å². The number of hydrogen-bond acceptors (Lipinski definition) is 9. The molecular weight excluding hydrogens is 568 g/mol. The van der Waals surface area contributed by atoms with Crippen LogP contribution < -0.4 is 16.0 Å². The highest BCUT2D eigenvalue weighted by molar-refractivity contribution is 6.17. The van der Waals surface area contributed by atoms with Crippen molar-refractivity contribution in [2.75, 3.05) is 52.4 Å². The molecule has 1 aliphatic rings. The van der Waals surface area contributed by atoms with Gasteiger partial charge in [0.15, 0.2) is 0 Å². The Hall–Kier alpha value is -3.06. The first-order valence-corrected chi connectivity index (χ1v) is 15.0. The molecule has 13 heteroatoms. The molecular formula is C29H43ClN4O8. The number of nitrogens with zero attached hydrogens (tertiary/aromatic N) is 1. The Morgan fingerprint density at radius 2 is 1.36 bits per heavy atom. The van der Waals surface area contributed by atoms with Gasteiger partial charge in [0, 0.05) is 49.5 Å². The summed E-state index contributed by atoms with van der Waals surface area (Å²) >= 11 is 5.64. The zero-order chi connectivity index (χ0) is 30.6. The minimum absolute atomic E-state index is 0.0368. The molecule has 1 atom stereocenters. The van der Waals surface area contributed by atoms with Gasteiger partial charge >= 0.3 is 5.97 Å². The molecule has 4 amide bonds. The Balaban J connectivity index is 1.55. The number of nitrogens with one attached hydrogen (secondary N) is 3. The van der Waals surface area contributed by atoms with E-state index < -0.39 is 23.8 Å². The van der Waals surface area contributed by atoms with E-state index in [4.69, 9.17) is 25.9 Å². The van der Waals surface area contributed by atoms with Gasteiger partial charge in [-0.3, -0.25) is 19.2 Å². The molecule has 1 aromatic rings. The van der Waals surface area contributed by atoms with E-state index in [2.05, 4.69) is 16.0 Å². The monoisotopic (exact) mass is 610 g/mol. The fourth-order valence-corrected chi connectivity index (χ4v) is 4.24. The normalized spacial score (nSPS) is 13.7. The standard InChI is InChI=1S/C29H43ClN4O8/c1-31-24(29(39)42-34-25(35)13-14-26(34)36)8-4-6-16-32-27(37)22-9-11-23(12-10-22)28(38)33-17-19-41-21-20-40-18-7-3-2-5-15-30/h9-12,24,31H,2-8,13-21H2,1H3,(H,32,37)(H,33,38). The Kier molecular flexibility index (Phi) is 17.4. The summed E-state index contributed by atoms with van der Waals surface area (Å²) in [7, 11) is 1.59. The van der Waals surface area contributed by atoms with Gasteiger partial charge in [0.1, 0.15) is 6.04 Å². The molecule has 12 nitrogen and oxygen atoms in total. The molecule has 1 heterocycles. The predicted molar refractivity (Wildman–Crippen MR) is 156 cm³/mol.